The minimum absolute atomic E-state index is 0.249. The van der Waals surface area contributed by atoms with Crippen LogP contribution in [0.4, 0.5) is 0 Å². The molecule has 2 heteroatoms. The fourth-order valence-electron chi connectivity index (χ4n) is 4.31. The molecule has 0 spiro atoms. The van der Waals surface area contributed by atoms with Gasteiger partial charge in [0.25, 0.3) is 0 Å². The van der Waals surface area contributed by atoms with E-state index < -0.39 is 0 Å². The Labute approximate surface area is 133 Å². The molecule has 1 N–H and O–H groups in total. The lowest BCUT2D eigenvalue weighted by Crippen LogP contribution is -2.49. The monoisotopic (exact) mass is 294 g/mol. The number of likely N-dealkylation sites (tertiary alicyclic amines) is 1. The van der Waals surface area contributed by atoms with Crippen molar-refractivity contribution in [1.82, 2.24) is 10.2 Å². The Kier molecular flexibility index (Phi) is 6.14. The molecule has 0 aromatic rings. The van der Waals surface area contributed by atoms with Crippen molar-refractivity contribution < 1.29 is 0 Å². The normalized spacial score (nSPS) is 27.7. The first-order chi connectivity index (χ1) is 9.94. The van der Waals surface area contributed by atoms with Gasteiger partial charge >= 0.3 is 0 Å². The Hall–Kier alpha value is -0.0800. The van der Waals surface area contributed by atoms with Crippen molar-refractivity contribution in [1.29, 1.82) is 0 Å². The molecule has 1 heterocycles. The Balaban J connectivity index is 2.00. The van der Waals surface area contributed by atoms with Crippen molar-refractivity contribution in [2.45, 2.75) is 97.1 Å². The van der Waals surface area contributed by atoms with Gasteiger partial charge in [-0.25, -0.2) is 0 Å². The lowest BCUT2D eigenvalue weighted by atomic mass is 9.84. The first kappa shape index (κ1) is 17.3. The summed E-state index contributed by atoms with van der Waals surface area (Å²) in [6, 6.07) is 0.847. The van der Waals surface area contributed by atoms with E-state index in [-0.39, 0.29) is 5.54 Å². The van der Waals surface area contributed by atoms with Crippen LogP contribution in [0.25, 0.3) is 0 Å². The molecule has 0 aromatic carbocycles. The molecule has 21 heavy (non-hydrogen) atoms. The van der Waals surface area contributed by atoms with Crippen LogP contribution in [-0.2, 0) is 0 Å². The summed E-state index contributed by atoms with van der Waals surface area (Å²) in [6.45, 7) is 13.2. The topological polar surface area (TPSA) is 15.3 Å². The summed E-state index contributed by atoms with van der Waals surface area (Å²) in [5.41, 5.74) is 0.795. The highest BCUT2D eigenvalue weighted by Gasteiger charge is 2.37. The second kappa shape index (κ2) is 7.46. The van der Waals surface area contributed by atoms with Gasteiger partial charge in [-0.3, -0.25) is 4.90 Å². The van der Waals surface area contributed by atoms with Gasteiger partial charge in [0.2, 0.25) is 0 Å². The minimum atomic E-state index is 0.249. The smallest absolute Gasteiger partial charge is 0.00967 e. The Morgan fingerprint density at radius 3 is 2.38 bits per heavy atom. The minimum Gasteiger partial charge on any atom is -0.311 e. The standard InChI is InChI=1S/C19H38N2/c1-5-17-11-7-6-10-14-21(17)16-19(12-8-9-13-19)15-20-18(2,3)4/h17,20H,5-16H2,1-4H3. The van der Waals surface area contributed by atoms with E-state index >= 15 is 0 Å². The molecule has 2 fully saturated rings. The Morgan fingerprint density at radius 2 is 1.76 bits per heavy atom. The first-order valence-corrected chi connectivity index (χ1v) is 9.43. The van der Waals surface area contributed by atoms with E-state index in [2.05, 4.69) is 37.9 Å². The molecule has 2 aliphatic rings. The van der Waals surface area contributed by atoms with Crippen LogP contribution in [0, 0.1) is 5.41 Å². The lowest BCUT2D eigenvalue weighted by Gasteiger charge is -2.40. The predicted molar refractivity (Wildman–Crippen MR) is 92.8 cm³/mol. The zero-order valence-corrected chi connectivity index (χ0v) is 15.0. The average molecular weight is 295 g/mol. The largest absolute Gasteiger partial charge is 0.311 e. The third-order valence-electron chi connectivity index (χ3n) is 5.67. The van der Waals surface area contributed by atoms with Crippen LogP contribution in [0.1, 0.15) is 85.5 Å². The molecule has 0 radical (unpaired) electrons. The van der Waals surface area contributed by atoms with Gasteiger partial charge in [0, 0.05) is 24.7 Å². The van der Waals surface area contributed by atoms with E-state index in [0.29, 0.717) is 5.41 Å². The number of hydrogen-bond donors (Lipinski definition) is 1. The molecular weight excluding hydrogens is 256 g/mol. The van der Waals surface area contributed by atoms with Crippen LogP contribution in [-0.4, -0.2) is 36.1 Å². The van der Waals surface area contributed by atoms with Crippen molar-refractivity contribution >= 4 is 0 Å². The predicted octanol–water partition coefficient (Wildman–Crippen LogP) is 4.59. The number of nitrogens with one attached hydrogen (secondary N) is 1. The van der Waals surface area contributed by atoms with E-state index in [9.17, 15) is 0 Å². The van der Waals surface area contributed by atoms with E-state index in [1.165, 1.54) is 77.4 Å². The fraction of sp³-hybridized carbons (Fsp3) is 1.00. The summed E-state index contributed by atoms with van der Waals surface area (Å²) in [5.74, 6) is 0. The van der Waals surface area contributed by atoms with Crippen LogP contribution in [0.5, 0.6) is 0 Å². The zero-order chi connectivity index (χ0) is 15.3. The van der Waals surface area contributed by atoms with Gasteiger partial charge in [-0.1, -0.05) is 32.6 Å². The molecule has 1 aliphatic heterocycles. The average Bonchev–Trinajstić information content (AvgIpc) is 2.76. The Morgan fingerprint density at radius 1 is 1.05 bits per heavy atom. The molecule has 0 bridgehead atoms. The summed E-state index contributed by atoms with van der Waals surface area (Å²) in [4.78, 5) is 2.86. The SMILES string of the molecule is CCC1CCCCCN1CC1(CNC(C)(C)C)CCCC1. The van der Waals surface area contributed by atoms with Gasteiger partial charge in [0.1, 0.15) is 0 Å². The maximum Gasteiger partial charge on any atom is 0.00967 e. The van der Waals surface area contributed by atoms with Crippen molar-refractivity contribution in [3.63, 3.8) is 0 Å². The van der Waals surface area contributed by atoms with Gasteiger partial charge in [0.15, 0.2) is 0 Å². The highest BCUT2D eigenvalue weighted by Crippen LogP contribution is 2.40. The summed E-state index contributed by atoms with van der Waals surface area (Å²) >= 11 is 0. The maximum absolute atomic E-state index is 3.82. The quantitative estimate of drug-likeness (QED) is 0.798. The highest BCUT2D eigenvalue weighted by atomic mass is 15.2. The third-order valence-corrected chi connectivity index (χ3v) is 5.67. The van der Waals surface area contributed by atoms with Crippen LogP contribution in [0.2, 0.25) is 0 Å². The second-order valence-corrected chi connectivity index (χ2v) is 8.69. The molecule has 1 unspecified atom stereocenters. The molecule has 124 valence electrons. The second-order valence-electron chi connectivity index (χ2n) is 8.69. The van der Waals surface area contributed by atoms with Crippen LogP contribution >= 0.6 is 0 Å². The van der Waals surface area contributed by atoms with E-state index in [1.54, 1.807) is 0 Å². The van der Waals surface area contributed by atoms with Crippen LogP contribution in [0.15, 0.2) is 0 Å². The number of nitrogens with zero attached hydrogens (tertiary/aromatic N) is 1. The molecule has 0 amide bonds. The molecule has 1 atom stereocenters. The van der Waals surface area contributed by atoms with Gasteiger partial charge in [0.05, 0.1) is 0 Å². The highest BCUT2D eigenvalue weighted by molar-refractivity contribution is 4.93. The van der Waals surface area contributed by atoms with E-state index in [4.69, 9.17) is 0 Å². The van der Waals surface area contributed by atoms with Crippen LogP contribution < -0.4 is 5.32 Å². The number of hydrogen-bond acceptors (Lipinski definition) is 2. The Bertz CT molecular complexity index is 299. The van der Waals surface area contributed by atoms with Crippen molar-refractivity contribution in [2.75, 3.05) is 19.6 Å². The van der Waals surface area contributed by atoms with Crippen molar-refractivity contribution in [2.24, 2.45) is 5.41 Å². The van der Waals surface area contributed by atoms with E-state index in [1.807, 2.05) is 0 Å². The van der Waals surface area contributed by atoms with Crippen LogP contribution in [0.3, 0.4) is 0 Å². The maximum atomic E-state index is 3.82. The summed E-state index contributed by atoms with van der Waals surface area (Å²) in [7, 11) is 0. The van der Waals surface area contributed by atoms with Gasteiger partial charge < -0.3 is 5.32 Å². The molecule has 2 nitrogen and oxygen atoms in total. The fourth-order valence-corrected chi connectivity index (χ4v) is 4.31. The lowest BCUT2D eigenvalue weighted by molar-refractivity contribution is 0.102. The molecule has 1 saturated heterocycles. The van der Waals surface area contributed by atoms with Crippen molar-refractivity contribution in [3.8, 4) is 0 Å². The van der Waals surface area contributed by atoms with Gasteiger partial charge in [-0.05, 0) is 64.8 Å². The zero-order valence-electron chi connectivity index (χ0n) is 15.0. The van der Waals surface area contributed by atoms with Crippen molar-refractivity contribution in [3.05, 3.63) is 0 Å². The molecule has 1 aliphatic carbocycles. The van der Waals surface area contributed by atoms with E-state index in [0.717, 1.165) is 6.04 Å². The molecule has 2 rings (SSSR count). The molecule has 1 saturated carbocycles. The van der Waals surface area contributed by atoms with Gasteiger partial charge in [-0.2, -0.15) is 0 Å². The summed E-state index contributed by atoms with van der Waals surface area (Å²) < 4.78 is 0. The third kappa shape index (κ3) is 5.25. The number of rotatable bonds is 5. The first-order valence-electron chi connectivity index (χ1n) is 9.43. The van der Waals surface area contributed by atoms with Gasteiger partial charge in [-0.15, -0.1) is 0 Å². The molecular formula is C19H38N2. The summed E-state index contributed by atoms with van der Waals surface area (Å²) in [6.07, 6.45) is 12.8. The molecule has 0 aromatic heterocycles. The summed E-state index contributed by atoms with van der Waals surface area (Å²) in [5, 5.41) is 3.82.